The number of hydrogen-bond donors (Lipinski definition) is 0. The molecule has 64 valence electrons. The van der Waals surface area contributed by atoms with Crippen molar-refractivity contribution in [3.05, 3.63) is 12.3 Å². The molecule has 4 heteroatoms. The summed E-state index contributed by atoms with van der Waals surface area (Å²) in [6, 6.07) is 1.10. The van der Waals surface area contributed by atoms with Crippen molar-refractivity contribution in [1.29, 1.82) is 0 Å². The molecule has 1 fully saturated rings. The molecule has 0 aromatic carbocycles. The number of nitrogens with zero attached hydrogens (tertiary/aromatic N) is 1. The minimum Gasteiger partial charge on any atom is -0.378 e. The molecule has 0 unspecified atom stereocenters. The first kappa shape index (κ1) is 9.10. The van der Waals surface area contributed by atoms with Crippen LogP contribution in [-0.4, -0.2) is 40.0 Å². The highest BCUT2D eigenvalue weighted by Crippen LogP contribution is 1.98. The van der Waals surface area contributed by atoms with Gasteiger partial charge in [-0.2, -0.15) is 11.1 Å². The van der Waals surface area contributed by atoms with Crippen LogP contribution in [0.1, 0.15) is 0 Å². The summed E-state index contributed by atoms with van der Waals surface area (Å²) in [5.41, 5.74) is 0. The number of ether oxygens (including phenoxy) is 1. The summed E-state index contributed by atoms with van der Waals surface area (Å²) in [5, 5.41) is 0. The smallest absolute Gasteiger partial charge is 0.129 e. The molecule has 0 amide bonds. The van der Waals surface area contributed by atoms with E-state index in [1.165, 1.54) is 0 Å². The van der Waals surface area contributed by atoms with Crippen LogP contribution in [0.4, 0.5) is 0 Å². The normalized spacial score (nSPS) is 20.6. The van der Waals surface area contributed by atoms with Crippen molar-refractivity contribution in [3.8, 4) is 0 Å². The quantitative estimate of drug-likeness (QED) is 0.478. The largest absolute Gasteiger partial charge is 0.378 e. The maximum absolute atomic E-state index is 5.66. The third kappa shape index (κ3) is 3.79. The van der Waals surface area contributed by atoms with Crippen molar-refractivity contribution in [2.75, 3.05) is 26.3 Å². The average molecular weight is 192 g/mol. The highest BCUT2D eigenvalue weighted by atomic mass is 35.6. The number of halogens is 1. The Kier molecular flexibility index (Phi) is 4.66. The molecule has 2 nitrogen and oxygen atoms in total. The van der Waals surface area contributed by atoms with Crippen LogP contribution >= 0.6 is 11.1 Å². The topological polar surface area (TPSA) is 12.5 Å². The van der Waals surface area contributed by atoms with Gasteiger partial charge in [-0.15, -0.1) is 0 Å². The fourth-order valence-corrected chi connectivity index (χ4v) is 1.67. The molecule has 0 radical (unpaired) electrons. The molecule has 0 aromatic heterocycles. The Morgan fingerprint density at radius 2 is 2.18 bits per heavy atom. The molecule has 0 atom stereocenters. The molecule has 1 aliphatic rings. The Hall–Kier alpha value is 0.00688. The summed E-state index contributed by atoms with van der Waals surface area (Å²) >= 11 is 5.66. The first-order valence-electron chi connectivity index (χ1n) is 3.98. The van der Waals surface area contributed by atoms with Gasteiger partial charge in [-0.1, -0.05) is 6.08 Å². The first-order chi connectivity index (χ1) is 5.43. The summed E-state index contributed by atoms with van der Waals surface area (Å²) in [7, 11) is -0.305. The third-order valence-corrected chi connectivity index (χ3v) is 2.84. The maximum atomic E-state index is 5.66. The van der Waals surface area contributed by atoms with Gasteiger partial charge >= 0.3 is 0 Å². The van der Waals surface area contributed by atoms with Gasteiger partial charge in [-0.3, -0.25) is 0 Å². The minimum atomic E-state index is -0.305. The van der Waals surface area contributed by atoms with E-state index in [4.69, 9.17) is 15.8 Å². The van der Waals surface area contributed by atoms with Gasteiger partial charge in [0.25, 0.3) is 0 Å². The zero-order chi connectivity index (χ0) is 7.94. The highest BCUT2D eigenvalue weighted by Gasteiger charge is 2.04. The zero-order valence-corrected chi connectivity index (χ0v) is 8.80. The highest BCUT2D eigenvalue weighted by molar-refractivity contribution is 6.93. The van der Waals surface area contributed by atoms with E-state index in [0.29, 0.717) is 0 Å². The van der Waals surface area contributed by atoms with Gasteiger partial charge in [0, 0.05) is 13.1 Å². The van der Waals surface area contributed by atoms with Crippen LogP contribution in [0, 0.1) is 0 Å². The molecule has 1 rings (SSSR count). The van der Waals surface area contributed by atoms with Crippen molar-refractivity contribution >= 4 is 19.9 Å². The molecule has 0 spiro atoms. The summed E-state index contributed by atoms with van der Waals surface area (Å²) in [6.07, 6.45) is 4.32. The van der Waals surface area contributed by atoms with Crippen LogP contribution < -0.4 is 0 Å². The fraction of sp³-hybridized carbons (Fsp3) is 0.714. The number of rotatable bonds is 3. The van der Waals surface area contributed by atoms with Crippen LogP contribution in [0.25, 0.3) is 0 Å². The molecule has 0 N–H and O–H groups in total. The minimum absolute atomic E-state index is 0.305. The summed E-state index contributed by atoms with van der Waals surface area (Å²) in [5.74, 6) is 0. The van der Waals surface area contributed by atoms with Crippen LogP contribution in [0.5, 0.6) is 0 Å². The fourth-order valence-electron chi connectivity index (χ4n) is 1.01. The maximum Gasteiger partial charge on any atom is 0.129 e. The van der Waals surface area contributed by atoms with E-state index in [0.717, 1.165) is 32.3 Å². The summed E-state index contributed by atoms with van der Waals surface area (Å²) < 4.78 is 5.21. The predicted molar refractivity (Wildman–Crippen MR) is 50.7 cm³/mol. The average Bonchev–Trinajstić information content (AvgIpc) is 2.07. The van der Waals surface area contributed by atoms with Crippen LogP contribution in [-0.2, 0) is 4.74 Å². The Labute approximate surface area is 74.7 Å². The van der Waals surface area contributed by atoms with E-state index in [2.05, 4.69) is 17.2 Å². The molecule has 1 heterocycles. The molecular formula is C7H14ClNOSi. The Balaban J connectivity index is 2.13. The monoisotopic (exact) mass is 191 g/mol. The second-order valence-corrected chi connectivity index (χ2v) is 4.60. The third-order valence-electron chi connectivity index (χ3n) is 1.64. The zero-order valence-electron chi connectivity index (χ0n) is 6.63. The van der Waals surface area contributed by atoms with Crippen molar-refractivity contribution in [1.82, 2.24) is 4.90 Å². The van der Waals surface area contributed by atoms with Crippen molar-refractivity contribution in [2.45, 2.75) is 6.04 Å². The molecule has 0 bridgehead atoms. The van der Waals surface area contributed by atoms with Gasteiger partial charge in [0.2, 0.25) is 0 Å². The van der Waals surface area contributed by atoms with Crippen LogP contribution in [0.3, 0.4) is 0 Å². The predicted octanol–water partition coefficient (Wildman–Crippen LogP) is 0.573. The standard InChI is InChI=1S/C7H14ClNOSi/c8-11-7-1-2-9-3-5-10-6-4-9/h1-2H,3-7,11H2. The van der Waals surface area contributed by atoms with Crippen molar-refractivity contribution < 1.29 is 4.74 Å². The van der Waals surface area contributed by atoms with Gasteiger partial charge in [0.1, 0.15) is 8.83 Å². The molecular weight excluding hydrogens is 178 g/mol. The Morgan fingerprint density at radius 1 is 1.45 bits per heavy atom. The van der Waals surface area contributed by atoms with Gasteiger partial charge < -0.3 is 9.64 Å². The van der Waals surface area contributed by atoms with Gasteiger partial charge in [-0.05, 0) is 12.2 Å². The molecule has 0 aromatic rings. The van der Waals surface area contributed by atoms with E-state index in [1.807, 2.05) is 0 Å². The van der Waals surface area contributed by atoms with E-state index in [1.54, 1.807) is 0 Å². The van der Waals surface area contributed by atoms with E-state index >= 15 is 0 Å². The number of hydrogen-bond acceptors (Lipinski definition) is 2. The lowest BCUT2D eigenvalue weighted by atomic mass is 10.4. The summed E-state index contributed by atoms with van der Waals surface area (Å²) in [4.78, 5) is 2.28. The Morgan fingerprint density at radius 3 is 2.82 bits per heavy atom. The van der Waals surface area contributed by atoms with Gasteiger partial charge in [0.15, 0.2) is 0 Å². The molecule has 0 saturated carbocycles. The van der Waals surface area contributed by atoms with Crippen molar-refractivity contribution in [2.24, 2.45) is 0 Å². The second kappa shape index (κ2) is 5.63. The van der Waals surface area contributed by atoms with Gasteiger partial charge in [0.05, 0.1) is 13.2 Å². The molecule has 1 aliphatic heterocycles. The second-order valence-electron chi connectivity index (χ2n) is 2.51. The molecule has 1 saturated heterocycles. The SMILES string of the molecule is Cl[SiH2]CC=CN1CCOCC1. The molecule has 11 heavy (non-hydrogen) atoms. The number of morpholine rings is 1. The van der Waals surface area contributed by atoms with Crippen LogP contribution in [0.15, 0.2) is 12.3 Å². The molecule has 0 aliphatic carbocycles. The van der Waals surface area contributed by atoms with E-state index in [-0.39, 0.29) is 8.83 Å². The van der Waals surface area contributed by atoms with Gasteiger partial charge in [-0.25, -0.2) is 0 Å². The Bertz CT molecular complexity index is 126. The lowest BCUT2D eigenvalue weighted by molar-refractivity contribution is 0.0593. The van der Waals surface area contributed by atoms with Crippen LogP contribution in [0.2, 0.25) is 6.04 Å². The lowest BCUT2D eigenvalue weighted by Crippen LogP contribution is -2.31. The van der Waals surface area contributed by atoms with E-state index < -0.39 is 0 Å². The van der Waals surface area contributed by atoms with Crippen molar-refractivity contribution in [3.63, 3.8) is 0 Å². The summed E-state index contributed by atoms with van der Waals surface area (Å²) in [6.45, 7) is 3.78. The van der Waals surface area contributed by atoms with E-state index in [9.17, 15) is 0 Å². The lowest BCUT2D eigenvalue weighted by Gasteiger charge is -2.24. The first-order valence-corrected chi connectivity index (χ1v) is 7.11. The number of allylic oxidation sites excluding steroid dienone is 1.